The van der Waals surface area contributed by atoms with Crippen molar-refractivity contribution in [3.8, 4) is 0 Å². The molecule has 38 heavy (non-hydrogen) atoms. The number of amides is 1. The molecule has 0 fully saturated rings. The number of aliphatic hydroxyl groups is 1. The van der Waals surface area contributed by atoms with Crippen LogP contribution in [0.5, 0.6) is 0 Å². The van der Waals surface area contributed by atoms with Crippen LogP contribution in [0.15, 0.2) is 63.1 Å². The van der Waals surface area contributed by atoms with Crippen LogP contribution in [0.1, 0.15) is 40.2 Å². The first kappa shape index (κ1) is 29.9. The lowest BCUT2D eigenvalue weighted by Gasteiger charge is -2.31. The summed E-state index contributed by atoms with van der Waals surface area (Å²) in [6.07, 6.45) is 0.216. The summed E-state index contributed by atoms with van der Waals surface area (Å²) in [5, 5.41) is 14.5. The monoisotopic (exact) mass is 563 g/mol. The van der Waals surface area contributed by atoms with Crippen LogP contribution in [0.2, 0.25) is 0 Å². The van der Waals surface area contributed by atoms with Crippen molar-refractivity contribution in [3.63, 3.8) is 0 Å². The number of sulfonamides is 1. The van der Waals surface area contributed by atoms with Gasteiger partial charge in [0.05, 0.1) is 17.0 Å². The van der Waals surface area contributed by atoms with Gasteiger partial charge in [-0.1, -0.05) is 55.9 Å². The number of nitrogens with one attached hydrogen (secondary N) is 1. The predicted molar refractivity (Wildman–Crippen MR) is 149 cm³/mol. The van der Waals surface area contributed by atoms with Crippen molar-refractivity contribution in [2.45, 2.75) is 68.9 Å². The molecule has 0 bridgehead atoms. The Kier molecular flexibility index (Phi) is 9.85. The number of fused-ring (bicyclic) bond motifs is 1. The Morgan fingerprint density at radius 2 is 1.84 bits per heavy atom. The maximum Gasteiger partial charge on any atom is 0.407 e. The van der Waals surface area contributed by atoms with Crippen molar-refractivity contribution in [1.82, 2.24) is 14.6 Å². The van der Waals surface area contributed by atoms with E-state index in [1.807, 2.05) is 50.4 Å². The second-order valence-corrected chi connectivity index (χ2v) is 13.2. The van der Waals surface area contributed by atoms with Crippen LogP contribution in [0.4, 0.5) is 4.79 Å². The number of carbonyl (C=O) groups excluding carboxylic acids is 1. The number of aliphatic hydroxyl groups excluding tert-OH is 1. The average molecular weight is 564 g/mol. The Balaban J connectivity index is 1.89. The molecule has 2 aromatic carbocycles. The van der Waals surface area contributed by atoms with Gasteiger partial charge >= 0.3 is 6.09 Å². The van der Waals surface area contributed by atoms with E-state index in [4.69, 9.17) is 9.15 Å². The summed E-state index contributed by atoms with van der Waals surface area (Å²) in [4.78, 5) is 17.0. The van der Waals surface area contributed by atoms with E-state index >= 15 is 0 Å². The second-order valence-electron chi connectivity index (χ2n) is 10.5. The molecule has 1 heterocycles. The number of rotatable bonds is 11. The van der Waals surface area contributed by atoms with E-state index in [-0.39, 0.29) is 30.3 Å². The fraction of sp³-hybridized carbons (Fsp3) is 0.481. The SMILES string of the molecule is CSc1nc2ccc(S(=O)(=O)N(CC(C)C)C[C@@H](O)[C@H](Cc3ccccc3)NC(=O)OC(C)(C)C)cc2o1. The van der Waals surface area contributed by atoms with Gasteiger partial charge in [-0.05, 0) is 57.1 Å². The molecule has 1 aromatic heterocycles. The number of hydrogen-bond donors (Lipinski definition) is 2. The van der Waals surface area contributed by atoms with Crippen molar-refractivity contribution in [2.24, 2.45) is 5.92 Å². The van der Waals surface area contributed by atoms with Crippen LogP contribution in [-0.4, -0.2) is 66.0 Å². The van der Waals surface area contributed by atoms with Crippen LogP contribution in [0, 0.1) is 5.92 Å². The fourth-order valence-corrected chi connectivity index (χ4v) is 5.91. The summed E-state index contributed by atoms with van der Waals surface area (Å²) < 4.78 is 39.8. The van der Waals surface area contributed by atoms with Crippen molar-refractivity contribution < 1.29 is 27.5 Å². The Hall–Kier alpha value is -2.60. The molecule has 11 heteroatoms. The van der Waals surface area contributed by atoms with Gasteiger partial charge in [-0.3, -0.25) is 0 Å². The van der Waals surface area contributed by atoms with Crippen LogP contribution >= 0.6 is 11.8 Å². The van der Waals surface area contributed by atoms with Crippen LogP contribution < -0.4 is 5.32 Å². The van der Waals surface area contributed by atoms with Crippen molar-refractivity contribution in [2.75, 3.05) is 19.3 Å². The minimum atomic E-state index is -4.01. The minimum absolute atomic E-state index is 0.0135. The van der Waals surface area contributed by atoms with E-state index in [1.54, 1.807) is 26.8 Å². The topological polar surface area (TPSA) is 122 Å². The highest BCUT2D eigenvalue weighted by atomic mass is 32.2. The van der Waals surface area contributed by atoms with Gasteiger partial charge in [0.25, 0.3) is 5.22 Å². The minimum Gasteiger partial charge on any atom is -0.444 e. The summed E-state index contributed by atoms with van der Waals surface area (Å²) in [5.74, 6) is -0.0135. The normalized spacial score (nSPS) is 14.1. The fourth-order valence-electron chi connectivity index (χ4n) is 3.90. The zero-order valence-electron chi connectivity index (χ0n) is 22.7. The summed E-state index contributed by atoms with van der Waals surface area (Å²) >= 11 is 1.33. The summed E-state index contributed by atoms with van der Waals surface area (Å²) in [7, 11) is -4.01. The van der Waals surface area contributed by atoms with Gasteiger partial charge in [-0.15, -0.1) is 0 Å². The maximum atomic E-state index is 13.7. The summed E-state index contributed by atoms with van der Waals surface area (Å²) in [5.41, 5.74) is 1.09. The van der Waals surface area contributed by atoms with E-state index in [1.165, 1.54) is 28.2 Å². The second kappa shape index (κ2) is 12.5. The van der Waals surface area contributed by atoms with Gasteiger partial charge in [0, 0.05) is 19.2 Å². The van der Waals surface area contributed by atoms with Gasteiger partial charge < -0.3 is 19.6 Å². The number of hydrogen-bond acceptors (Lipinski definition) is 8. The standard InChI is InChI=1S/C27H37N3O6S2/c1-18(2)16-30(38(33,34)20-12-13-21-24(15-20)35-26(29-21)37-6)17-23(31)22(14-19-10-8-7-9-11-19)28-25(32)36-27(3,4)5/h7-13,15,18,22-23,31H,14,16-17H2,1-6H3,(H,28,32)/t22-,23+/m0/s1. The molecule has 0 aliphatic heterocycles. The molecular weight excluding hydrogens is 526 g/mol. The van der Waals surface area contributed by atoms with Gasteiger partial charge in [0.2, 0.25) is 10.0 Å². The maximum absolute atomic E-state index is 13.7. The number of oxazole rings is 1. The van der Waals surface area contributed by atoms with Gasteiger partial charge in [0.1, 0.15) is 11.1 Å². The molecule has 9 nitrogen and oxygen atoms in total. The van der Waals surface area contributed by atoms with Crippen LogP contribution in [-0.2, 0) is 21.2 Å². The average Bonchev–Trinajstić information content (AvgIpc) is 3.25. The zero-order chi connectivity index (χ0) is 28.1. The Labute approximate surface area is 229 Å². The summed E-state index contributed by atoms with van der Waals surface area (Å²) in [6, 6.07) is 13.1. The van der Waals surface area contributed by atoms with Crippen molar-refractivity contribution in [1.29, 1.82) is 0 Å². The third-order valence-corrected chi connectivity index (χ3v) is 7.93. The highest BCUT2D eigenvalue weighted by Crippen LogP contribution is 2.26. The van der Waals surface area contributed by atoms with Crippen LogP contribution in [0.3, 0.4) is 0 Å². The number of nitrogens with zero attached hydrogens (tertiary/aromatic N) is 2. The molecule has 0 radical (unpaired) electrons. The molecule has 3 rings (SSSR count). The number of carbonyl (C=O) groups is 1. The molecule has 208 valence electrons. The van der Waals surface area contributed by atoms with Gasteiger partial charge in [0.15, 0.2) is 5.58 Å². The van der Waals surface area contributed by atoms with E-state index in [0.29, 0.717) is 16.3 Å². The molecule has 0 saturated heterocycles. The predicted octanol–water partition coefficient (Wildman–Crippen LogP) is 4.69. The Bertz CT molecular complexity index is 1320. The van der Waals surface area contributed by atoms with E-state index in [0.717, 1.165) is 5.56 Å². The number of thioether (sulfide) groups is 1. The molecule has 2 N–H and O–H groups in total. The van der Waals surface area contributed by atoms with Gasteiger partial charge in [-0.25, -0.2) is 18.2 Å². The lowest BCUT2D eigenvalue weighted by molar-refractivity contribution is 0.0400. The van der Waals surface area contributed by atoms with Crippen molar-refractivity contribution >= 4 is 39.0 Å². The first-order valence-electron chi connectivity index (χ1n) is 12.4. The third-order valence-electron chi connectivity index (χ3n) is 5.58. The molecule has 3 aromatic rings. The molecular formula is C27H37N3O6S2. The third kappa shape index (κ3) is 8.20. The Morgan fingerprint density at radius 3 is 2.45 bits per heavy atom. The van der Waals surface area contributed by atoms with Crippen molar-refractivity contribution in [3.05, 3.63) is 54.1 Å². The highest BCUT2D eigenvalue weighted by molar-refractivity contribution is 7.98. The molecule has 2 atom stereocenters. The number of benzene rings is 2. The number of ether oxygens (including phenoxy) is 1. The van der Waals surface area contributed by atoms with E-state index < -0.39 is 33.9 Å². The van der Waals surface area contributed by atoms with E-state index in [9.17, 15) is 18.3 Å². The highest BCUT2D eigenvalue weighted by Gasteiger charge is 2.32. The molecule has 1 amide bonds. The molecule has 0 unspecified atom stereocenters. The smallest absolute Gasteiger partial charge is 0.407 e. The molecule has 0 saturated carbocycles. The first-order chi connectivity index (χ1) is 17.8. The quantitative estimate of drug-likeness (QED) is 0.322. The Morgan fingerprint density at radius 1 is 1.16 bits per heavy atom. The van der Waals surface area contributed by atoms with Crippen LogP contribution in [0.25, 0.3) is 11.1 Å². The zero-order valence-corrected chi connectivity index (χ0v) is 24.3. The molecule has 0 aliphatic carbocycles. The molecule has 0 aliphatic rings. The number of aromatic nitrogens is 1. The lowest BCUT2D eigenvalue weighted by Crippen LogP contribution is -2.51. The van der Waals surface area contributed by atoms with E-state index in [2.05, 4.69) is 10.3 Å². The summed E-state index contributed by atoms with van der Waals surface area (Å²) in [6.45, 7) is 9.01. The molecule has 0 spiro atoms. The largest absolute Gasteiger partial charge is 0.444 e. The number of alkyl carbamates (subject to hydrolysis) is 1. The lowest BCUT2D eigenvalue weighted by atomic mass is 10.0. The first-order valence-corrected chi connectivity index (χ1v) is 15.1. The van der Waals surface area contributed by atoms with Gasteiger partial charge in [-0.2, -0.15) is 4.31 Å².